The molecule has 1 aromatic heterocycles. The molecule has 0 aliphatic carbocycles. The highest BCUT2D eigenvalue weighted by atomic mass is 32.2. The molecular weight excluding hydrogens is 244 g/mol. The summed E-state index contributed by atoms with van der Waals surface area (Å²) in [6.07, 6.45) is 4.36. The number of rotatable bonds is 8. The fourth-order valence-electron chi connectivity index (χ4n) is 1.50. The monoisotopic (exact) mass is 268 g/mol. The topological polar surface area (TPSA) is 49.8 Å². The summed E-state index contributed by atoms with van der Waals surface area (Å²) in [6.45, 7) is 8.23. The zero-order valence-corrected chi connectivity index (χ0v) is 12.6. The van der Waals surface area contributed by atoms with Crippen molar-refractivity contribution in [2.24, 2.45) is 0 Å². The quantitative estimate of drug-likeness (QED) is 0.758. The molecule has 1 atom stereocenters. The van der Waals surface area contributed by atoms with Gasteiger partial charge in [-0.3, -0.25) is 0 Å². The fourth-order valence-corrected chi connectivity index (χ4v) is 1.85. The van der Waals surface area contributed by atoms with E-state index < -0.39 is 0 Å². The van der Waals surface area contributed by atoms with Crippen LogP contribution in [0.2, 0.25) is 0 Å². The Morgan fingerprint density at radius 3 is 2.72 bits per heavy atom. The van der Waals surface area contributed by atoms with Crippen LogP contribution in [-0.2, 0) is 0 Å². The van der Waals surface area contributed by atoms with E-state index in [4.69, 9.17) is 0 Å². The number of aromatic nitrogens is 2. The minimum absolute atomic E-state index is 0.679. The van der Waals surface area contributed by atoms with Crippen LogP contribution in [0.25, 0.3) is 0 Å². The van der Waals surface area contributed by atoms with Crippen molar-refractivity contribution in [1.82, 2.24) is 9.97 Å². The van der Waals surface area contributed by atoms with Crippen molar-refractivity contribution < 1.29 is 0 Å². The van der Waals surface area contributed by atoms with Crippen molar-refractivity contribution in [3.05, 3.63) is 11.8 Å². The van der Waals surface area contributed by atoms with E-state index in [0.717, 1.165) is 43.4 Å². The van der Waals surface area contributed by atoms with Gasteiger partial charge in [-0.2, -0.15) is 16.7 Å². The van der Waals surface area contributed by atoms with Crippen LogP contribution in [-0.4, -0.2) is 34.6 Å². The Kier molecular flexibility index (Phi) is 6.86. The molecule has 0 fully saturated rings. The van der Waals surface area contributed by atoms with Crippen LogP contribution >= 0.6 is 11.8 Å². The van der Waals surface area contributed by atoms with Crippen LogP contribution in [0.5, 0.6) is 0 Å². The van der Waals surface area contributed by atoms with Gasteiger partial charge >= 0.3 is 0 Å². The molecule has 0 saturated carbocycles. The van der Waals surface area contributed by atoms with Crippen molar-refractivity contribution >= 4 is 23.5 Å². The first-order valence-electron chi connectivity index (χ1n) is 6.52. The van der Waals surface area contributed by atoms with Crippen molar-refractivity contribution in [3.8, 4) is 0 Å². The Labute approximate surface area is 114 Å². The minimum atomic E-state index is 0.679. The molecule has 0 radical (unpaired) electrons. The molecule has 1 rings (SSSR count). The predicted molar refractivity (Wildman–Crippen MR) is 81.6 cm³/mol. The molecule has 0 aliphatic rings. The van der Waals surface area contributed by atoms with Gasteiger partial charge in [-0.1, -0.05) is 13.8 Å². The van der Waals surface area contributed by atoms with Gasteiger partial charge in [0.2, 0.25) is 5.95 Å². The van der Waals surface area contributed by atoms with Crippen molar-refractivity contribution in [1.29, 1.82) is 0 Å². The molecule has 18 heavy (non-hydrogen) atoms. The molecule has 0 aromatic carbocycles. The average Bonchev–Trinajstić information content (AvgIpc) is 2.35. The second-order valence-corrected chi connectivity index (χ2v) is 5.68. The molecule has 0 spiro atoms. The number of thioether (sulfide) groups is 1. The predicted octanol–water partition coefficient (Wildman–Crippen LogP) is 3.16. The molecule has 0 saturated heterocycles. The third-order valence-corrected chi connectivity index (χ3v) is 3.69. The second kappa shape index (κ2) is 8.19. The minimum Gasteiger partial charge on any atom is -0.370 e. The van der Waals surface area contributed by atoms with Crippen molar-refractivity contribution in [2.45, 2.75) is 38.9 Å². The molecule has 102 valence electrons. The third kappa shape index (κ3) is 5.58. The molecule has 1 unspecified atom stereocenters. The molecule has 4 nitrogen and oxygen atoms in total. The summed E-state index contributed by atoms with van der Waals surface area (Å²) in [5.74, 6) is 1.63. The summed E-state index contributed by atoms with van der Waals surface area (Å²) in [5, 5.41) is 7.26. The van der Waals surface area contributed by atoms with Crippen molar-refractivity contribution in [2.75, 3.05) is 30.0 Å². The Morgan fingerprint density at radius 2 is 2.06 bits per heavy atom. The lowest BCUT2D eigenvalue weighted by molar-refractivity contribution is 0.848. The first kappa shape index (κ1) is 15.1. The average molecular weight is 268 g/mol. The lowest BCUT2D eigenvalue weighted by atomic mass is 10.3. The Bertz CT molecular complexity index is 357. The zero-order valence-electron chi connectivity index (χ0n) is 11.8. The fraction of sp³-hybridized carbons (Fsp3) is 0.692. The normalized spacial score (nSPS) is 12.2. The second-order valence-electron chi connectivity index (χ2n) is 4.41. The Balaban J connectivity index is 2.51. The molecule has 0 aliphatic heterocycles. The molecule has 1 aromatic rings. The highest BCUT2D eigenvalue weighted by molar-refractivity contribution is 7.99. The number of nitrogens with one attached hydrogen (secondary N) is 2. The maximum atomic E-state index is 4.45. The van der Waals surface area contributed by atoms with E-state index in [1.54, 1.807) is 0 Å². The van der Waals surface area contributed by atoms with Crippen LogP contribution in [0.1, 0.15) is 32.4 Å². The maximum Gasteiger partial charge on any atom is 0.224 e. The summed E-state index contributed by atoms with van der Waals surface area (Å²) < 4.78 is 0. The van der Waals surface area contributed by atoms with Gasteiger partial charge < -0.3 is 10.6 Å². The number of aryl methyl sites for hydroxylation is 1. The molecule has 0 bridgehead atoms. The number of hydrogen-bond donors (Lipinski definition) is 2. The summed E-state index contributed by atoms with van der Waals surface area (Å²) in [4.78, 5) is 8.82. The van der Waals surface area contributed by atoms with Gasteiger partial charge in [0, 0.05) is 30.1 Å². The van der Waals surface area contributed by atoms with E-state index >= 15 is 0 Å². The third-order valence-electron chi connectivity index (χ3n) is 2.65. The van der Waals surface area contributed by atoms with E-state index in [1.165, 1.54) is 0 Å². The van der Waals surface area contributed by atoms with E-state index in [1.807, 2.05) is 24.8 Å². The number of nitrogens with zero attached hydrogens (tertiary/aromatic N) is 2. The smallest absolute Gasteiger partial charge is 0.224 e. The summed E-state index contributed by atoms with van der Waals surface area (Å²) in [7, 11) is 0. The van der Waals surface area contributed by atoms with Crippen LogP contribution < -0.4 is 10.6 Å². The Morgan fingerprint density at radius 1 is 1.28 bits per heavy atom. The molecule has 0 amide bonds. The van der Waals surface area contributed by atoms with Crippen LogP contribution in [0, 0.1) is 6.92 Å². The molecular formula is C13H24N4S. The van der Waals surface area contributed by atoms with Crippen LogP contribution in [0.3, 0.4) is 0 Å². The molecule has 2 N–H and O–H groups in total. The highest BCUT2D eigenvalue weighted by Crippen LogP contribution is 2.12. The maximum absolute atomic E-state index is 4.45. The number of anilines is 2. The lowest BCUT2D eigenvalue weighted by Gasteiger charge is -2.11. The summed E-state index contributed by atoms with van der Waals surface area (Å²) >= 11 is 1.89. The molecule has 5 heteroatoms. The van der Waals surface area contributed by atoms with Crippen LogP contribution in [0.15, 0.2) is 6.07 Å². The van der Waals surface area contributed by atoms with E-state index in [-0.39, 0.29) is 0 Å². The zero-order chi connectivity index (χ0) is 13.4. The van der Waals surface area contributed by atoms with Gasteiger partial charge in [0.15, 0.2) is 0 Å². The SMILES string of the molecule is CCCNc1nc(C)cc(NCCC(C)SC)n1. The van der Waals surface area contributed by atoms with E-state index in [0.29, 0.717) is 5.25 Å². The van der Waals surface area contributed by atoms with Gasteiger partial charge in [0.1, 0.15) is 5.82 Å². The van der Waals surface area contributed by atoms with Crippen LogP contribution in [0.4, 0.5) is 11.8 Å². The first-order valence-corrected chi connectivity index (χ1v) is 7.80. The van der Waals surface area contributed by atoms with Gasteiger partial charge in [-0.25, -0.2) is 4.98 Å². The largest absolute Gasteiger partial charge is 0.370 e. The highest BCUT2D eigenvalue weighted by Gasteiger charge is 2.03. The van der Waals surface area contributed by atoms with Gasteiger partial charge in [-0.15, -0.1) is 0 Å². The summed E-state index contributed by atoms with van der Waals surface area (Å²) in [6, 6.07) is 1.99. The standard InChI is InChI=1S/C13H24N4S/c1-5-7-15-13-16-10(2)9-12(17-13)14-8-6-11(3)18-4/h9,11H,5-8H2,1-4H3,(H2,14,15,16,17). The van der Waals surface area contributed by atoms with E-state index in [2.05, 4.69) is 40.7 Å². The van der Waals surface area contributed by atoms with Gasteiger partial charge in [0.05, 0.1) is 0 Å². The van der Waals surface area contributed by atoms with E-state index in [9.17, 15) is 0 Å². The first-order chi connectivity index (χ1) is 8.65. The van der Waals surface area contributed by atoms with Crippen molar-refractivity contribution in [3.63, 3.8) is 0 Å². The van der Waals surface area contributed by atoms with Gasteiger partial charge in [-0.05, 0) is 26.0 Å². The lowest BCUT2D eigenvalue weighted by Crippen LogP contribution is -2.11. The Hall–Kier alpha value is -0.970. The molecule has 1 heterocycles. The summed E-state index contributed by atoms with van der Waals surface area (Å²) in [5.41, 5.74) is 0.990. The number of hydrogen-bond acceptors (Lipinski definition) is 5. The van der Waals surface area contributed by atoms with Gasteiger partial charge in [0.25, 0.3) is 0 Å².